The number of amides is 2. The summed E-state index contributed by atoms with van der Waals surface area (Å²) in [6.45, 7) is 4.36. The minimum Gasteiger partial charge on any atom is -0.344 e. The summed E-state index contributed by atoms with van der Waals surface area (Å²) < 4.78 is 0. The van der Waals surface area contributed by atoms with Crippen molar-refractivity contribution in [3.05, 3.63) is 95.8 Å². The van der Waals surface area contributed by atoms with E-state index in [4.69, 9.17) is 0 Å². The van der Waals surface area contributed by atoms with E-state index in [0.29, 0.717) is 12.1 Å². The highest BCUT2D eigenvalue weighted by molar-refractivity contribution is 6.07. The lowest BCUT2D eigenvalue weighted by molar-refractivity contribution is 0.0935. The van der Waals surface area contributed by atoms with E-state index in [1.807, 2.05) is 74.5 Å². The van der Waals surface area contributed by atoms with Crippen LogP contribution in [0.25, 0.3) is 0 Å². The second-order valence-electron chi connectivity index (χ2n) is 6.42. The van der Waals surface area contributed by atoms with Crippen LogP contribution >= 0.6 is 0 Å². The van der Waals surface area contributed by atoms with E-state index in [2.05, 4.69) is 10.3 Å². The minimum absolute atomic E-state index is 0.161. The Morgan fingerprint density at radius 1 is 1.00 bits per heavy atom. The summed E-state index contributed by atoms with van der Waals surface area (Å²) in [6.07, 6.45) is 1.49. The first-order valence-corrected chi connectivity index (χ1v) is 9.29. The number of para-hydroxylation sites is 1. The monoisotopic (exact) mass is 373 g/mol. The zero-order chi connectivity index (χ0) is 19.9. The zero-order valence-electron chi connectivity index (χ0n) is 16.0. The van der Waals surface area contributed by atoms with Gasteiger partial charge in [0.1, 0.15) is 5.69 Å². The Morgan fingerprint density at radius 2 is 1.64 bits per heavy atom. The number of carbonyl (C=O) groups excluding carboxylic acids is 2. The predicted molar refractivity (Wildman–Crippen MR) is 110 cm³/mol. The molecule has 3 rings (SSSR count). The highest BCUT2D eigenvalue weighted by Gasteiger charge is 2.19. The number of anilines is 1. The van der Waals surface area contributed by atoms with Gasteiger partial charge in [0.15, 0.2) is 0 Å². The number of aromatic nitrogens is 1. The van der Waals surface area contributed by atoms with Crippen molar-refractivity contribution in [3.63, 3.8) is 0 Å². The maximum Gasteiger partial charge on any atom is 0.270 e. The topological polar surface area (TPSA) is 62.3 Å². The molecular formula is C23H23N3O2. The fraction of sp³-hybridized carbons (Fsp3) is 0.174. The van der Waals surface area contributed by atoms with Crippen LogP contribution in [0.2, 0.25) is 0 Å². The summed E-state index contributed by atoms with van der Waals surface area (Å²) in [5.41, 5.74) is 2.47. The van der Waals surface area contributed by atoms with Gasteiger partial charge in [-0.25, -0.2) is 0 Å². The predicted octanol–water partition coefficient (Wildman–Crippen LogP) is 4.24. The van der Waals surface area contributed by atoms with Crippen molar-refractivity contribution in [2.45, 2.75) is 19.9 Å². The number of hydrogen-bond acceptors (Lipinski definition) is 3. The highest BCUT2D eigenvalue weighted by Crippen LogP contribution is 2.17. The van der Waals surface area contributed by atoms with Gasteiger partial charge >= 0.3 is 0 Å². The molecule has 2 aromatic carbocycles. The van der Waals surface area contributed by atoms with E-state index < -0.39 is 0 Å². The Labute approximate surface area is 165 Å². The van der Waals surface area contributed by atoms with Crippen LogP contribution in [0.3, 0.4) is 0 Å². The molecule has 5 heteroatoms. The van der Waals surface area contributed by atoms with Crippen LogP contribution in [0.15, 0.2) is 79.0 Å². The Morgan fingerprint density at radius 3 is 2.29 bits per heavy atom. The standard InChI is InChI=1S/C23H23N3O2/c1-3-26(20-12-8-5-9-13-20)23(28)19-14-15-24-21(16-19)22(27)25-17(2)18-10-6-4-7-11-18/h4-17H,3H2,1-2H3,(H,25,27). The maximum absolute atomic E-state index is 13.0. The van der Waals surface area contributed by atoms with Crippen molar-refractivity contribution in [3.8, 4) is 0 Å². The first-order chi connectivity index (χ1) is 13.6. The number of rotatable bonds is 6. The van der Waals surface area contributed by atoms with Crippen molar-refractivity contribution < 1.29 is 9.59 Å². The molecule has 0 aliphatic carbocycles. The van der Waals surface area contributed by atoms with Crippen LogP contribution < -0.4 is 10.2 Å². The molecule has 0 aliphatic heterocycles. The third kappa shape index (κ3) is 4.43. The molecule has 1 heterocycles. The van der Waals surface area contributed by atoms with Crippen molar-refractivity contribution >= 4 is 17.5 Å². The SMILES string of the molecule is CCN(C(=O)c1ccnc(C(=O)NC(C)c2ccccc2)c1)c1ccccc1. The molecule has 0 spiro atoms. The van der Waals surface area contributed by atoms with Gasteiger partial charge in [-0.3, -0.25) is 14.6 Å². The molecular weight excluding hydrogens is 350 g/mol. The first-order valence-electron chi connectivity index (χ1n) is 9.29. The average Bonchev–Trinajstić information content (AvgIpc) is 2.75. The number of nitrogens with zero attached hydrogens (tertiary/aromatic N) is 2. The smallest absolute Gasteiger partial charge is 0.270 e. The lowest BCUT2D eigenvalue weighted by atomic mass is 10.1. The van der Waals surface area contributed by atoms with Gasteiger partial charge in [0.25, 0.3) is 11.8 Å². The Kier molecular flexibility index (Phi) is 6.17. The molecule has 0 aliphatic rings. The fourth-order valence-electron chi connectivity index (χ4n) is 2.99. The van der Waals surface area contributed by atoms with Crippen LogP contribution in [0.1, 0.15) is 46.3 Å². The molecule has 142 valence electrons. The van der Waals surface area contributed by atoms with Crippen molar-refractivity contribution in [1.29, 1.82) is 0 Å². The van der Waals surface area contributed by atoms with Crippen LogP contribution in [0.5, 0.6) is 0 Å². The lowest BCUT2D eigenvalue weighted by Crippen LogP contribution is -2.31. The summed E-state index contributed by atoms with van der Waals surface area (Å²) in [7, 11) is 0. The summed E-state index contributed by atoms with van der Waals surface area (Å²) in [5.74, 6) is -0.477. The molecule has 0 bridgehead atoms. The Hall–Kier alpha value is -3.47. The molecule has 3 aromatic rings. The van der Waals surface area contributed by atoms with Gasteiger partial charge in [0.05, 0.1) is 6.04 Å². The summed E-state index contributed by atoms with van der Waals surface area (Å²) in [5, 5.41) is 2.93. The molecule has 0 saturated carbocycles. The van der Waals surface area contributed by atoms with E-state index in [9.17, 15) is 9.59 Å². The molecule has 5 nitrogen and oxygen atoms in total. The van der Waals surface area contributed by atoms with Crippen molar-refractivity contribution in [2.24, 2.45) is 0 Å². The number of hydrogen-bond donors (Lipinski definition) is 1. The number of pyridine rings is 1. The normalized spacial score (nSPS) is 11.5. The number of nitrogens with one attached hydrogen (secondary N) is 1. The summed E-state index contributed by atoms with van der Waals surface area (Å²) in [4.78, 5) is 31.4. The van der Waals surface area contributed by atoms with Gasteiger partial charge < -0.3 is 10.2 Å². The van der Waals surface area contributed by atoms with E-state index in [-0.39, 0.29) is 23.6 Å². The third-order valence-corrected chi connectivity index (χ3v) is 4.52. The minimum atomic E-state index is -0.311. The summed E-state index contributed by atoms with van der Waals surface area (Å²) in [6, 6.07) is 22.2. The van der Waals surface area contributed by atoms with Crippen LogP contribution in [-0.2, 0) is 0 Å². The number of benzene rings is 2. The molecule has 0 fully saturated rings. The zero-order valence-corrected chi connectivity index (χ0v) is 16.0. The van der Waals surface area contributed by atoms with E-state index in [1.165, 1.54) is 6.20 Å². The average molecular weight is 373 g/mol. The molecule has 1 atom stereocenters. The molecule has 0 saturated heterocycles. The fourth-order valence-corrected chi connectivity index (χ4v) is 2.99. The van der Waals surface area contributed by atoms with Gasteiger partial charge in [-0.05, 0) is 43.7 Å². The third-order valence-electron chi connectivity index (χ3n) is 4.52. The Balaban J connectivity index is 1.77. The molecule has 1 N–H and O–H groups in total. The number of carbonyl (C=O) groups is 2. The van der Waals surface area contributed by atoms with E-state index in [1.54, 1.807) is 17.0 Å². The first kappa shape index (κ1) is 19.3. The van der Waals surface area contributed by atoms with Crippen LogP contribution in [0, 0.1) is 0 Å². The van der Waals surface area contributed by atoms with Crippen molar-refractivity contribution in [2.75, 3.05) is 11.4 Å². The highest BCUT2D eigenvalue weighted by atomic mass is 16.2. The molecule has 2 amide bonds. The van der Waals surface area contributed by atoms with Crippen LogP contribution in [-0.4, -0.2) is 23.3 Å². The van der Waals surface area contributed by atoms with Gasteiger partial charge in [0.2, 0.25) is 0 Å². The van der Waals surface area contributed by atoms with Gasteiger partial charge in [0, 0.05) is 24.0 Å². The second kappa shape index (κ2) is 8.95. The lowest BCUT2D eigenvalue weighted by Gasteiger charge is -2.21. The maximum atomic E-state index is 13.0. The molecule has 0 radical (unpaired) electrons. The van der Waals surface area contributed by atoms with Gasteiger partial charge in [-0.15, -0.1) is 0 Å². The Bertz CT molecular complexity index is 942. The van der Waals surface area contributed by atoms with Gasteiger partial charge in [-0.1, -0.05) is 48.5 Å². The van der Waals surface area contributed by atoms with E-state index >= 15 is 0 Å². The summed E-state index contributed by atoms with van der Waals surface area (Å²) >= 11 is 0. The van der Waals surface area contributed by atoms with Gasteiger partial charge in [-0.2, -0.15) is 0 Å². The quantitative estimate of drug-likeness (QED) is 0.703. The molecule has 1 aromatic heterocycles. The second-order valence-corrected chi connectivity index (χ2v) is 6.42. The van der Waals surface area contributed by atoms with Crippen molar-refractivity contribution in [1.82, 2.24) is 10.3 Å². The van der Waals surface area contributed by atoms with E-state index in [0.717, 1.165) is 11.3 Å². The molecule has 1 unspecified atom stereocenters. The van der Waals surface area contributed by atoms with Crippen LogP contribution in [0.4, 0.5) is 5.69 Å². The molecule has 28 heavy (non-hydrogen) atoms. The largest absolute Gasteiger partial charge is 0.344 e.